The number of carbonyl (C=O) groups is 2. The lowest BCUT2D eigenvalue weighted by Gasteiger charge is -2.12. The van der Waals surface area contributed by atoms with E-state index in [0.717, 1.165) is 16.4 Å². The van der Waals surface area contributed by atoms with E-state index in [2.05, 4.69) is 10.3 Å². The summed E-state index contributed by atoms with van der Waals surface area (Å²) in [6.45, 7) is 0. The molecule has 1 aromatic carbocycles. The Kier molecular flexibility index (Phi) is 3.38. The number of hydrogen-bond donors (Lipinski definition) is 2. The number of benzene rings is 1. The van der Waals surface area contributed by atoms with Crippen LogP contribution in [0.2, 0.25) is 0 Å². The van der Waals surface area contributed by atoms with Gasteiger partial charge in [-0.25, -0.2) is 9.37 Å². The maximum Gasteiger partial charge on any atom is 0.267 e. The zero-order valence-corrected chi connectivity index (χ0v) is 14.7. The molecule has 0 saturated heterocycles. The Morgan fingerprint density at radius 3 is 2.71 bits per heavy atom. The van der Waals surface area contributed by atoms with Gasteiger partial charge in [-0.1, -0.05) is 6.07 Å². The van der Waals surface area contributed by atoms with Crippen molar-refractivity contribution in [2.24, 2.45) is 5.73 Å². The Morgan fingerprint density at radius 2 is 2.08 bits per heavy atom. The molecule has 4 rings (SSSR count). The van der Waals surface area contributed by atoms with Crippen molar-refractivity contribution in [1.29, 1.82) is 0 Å². The van der Waals surface area contributed by atoms with Crippen LogP contribution in [-0.4, -0.2) is 16.8 Å². The van der Waals surface area contributed by atoms with Crippen LogP contribution in [-0.2, 0) is 12.0 Å². The van der Waals surface area contributed by atoms with E-state index in [1.165, 1.54) is 6.07 Å². The standard InChI is InChI=1S/C17H13FIN3O2/c18-12-7-10(19)2-1-8(12)5-9-6-11-14(21-13(9)15(20)23)17(3-4-17)22-16(11)24/h1-2,6-7H,3-5H2,(H2,20,23)(H,22,24). The van der Waals surface area contributed by atoms with Crippen molar-refractivity contribution >= 4 is 34.4 Å². The summed E-state index contributed by atoms with van der Waals surface area (Å²) in [4.78, 5) is 28.4. The first-order valence-corrected chi connectivity index (χ1v) is 8.58. The molecule has 0 atom stereocenters. The van der Waals surface area contributed by atoms with Crippen LogP contribution < -0.4 is 11.1 Å². The van der Waals surface area contributed by atoms with Crippen molar-refractivity contribution in [3.63, 3.8) is 0 Å². The third-order valence-corrected chi connectivity index (χ3v) is 5.20. The Hall–Kier alpha value is -2.03. The summed E-state index contributed by atoms with van der Waals surface area (Å²) in [5.41, 5.74) is 7.09. The molecule has 3 N–H and O–H groups in total. The van der Waals surface area contributed by atoms with Gasteiger partial charge in [0.2, 0.25) is 0 Å². The number of carbonyl (C=O) groups excluding carboxylic acids is 2. The molecule has 5 nitrogen and oxygen atoms in total. The molecule has 1 aliphatic carbocycles. The molecule has 7 heteroatoms. The summed E-state index contributed by atoms with van der Waals surface area (Å²) in [6.07, 6.45) is 1.77. The predicted molar refractivity (Wildman–Crippen MR) is 93.1 cm³/mol. The number of nitrogens with two attached hydrogens (primary N) is 1. The average Bonchev–Trinajstić information content (AvgIpc) is 3.24. The van der Waals surface area contributed by atoms with Crippen molar-refractivity contribution in [3.8, 4) is 0 Å². The number of nitrogens with one attached hydrogen (secondary N) is 1. The molecule has 2 aromatic rings. The summed E-state index contributed by atoms with van der Waals surface area (Å²) in [5.74, 6) is -1.23. The third-order valence-electron chi connectivity index (χ3n) is 4.53. The van der Waals surface area contributed by atoms with Crippen LogP contribution in [0, 0.1) is 9.39 Å². The Bertz CT molecular complexity index is 909. The van der Waals surface area contributed by atoms with Crippen LogP contribution in [0.5, 0.6) is 0 Å². The number of hydrogen-bond acceptors (Lipinski definition) is 3. The van der Waals surface area contributed by atoms with Gasteiger partial charge in [-0.05, 0) is 64.8 Å². The maximum atomic E-state index is 14.1. The molecule has 0 bridgehead atoms. The van der Waals surface area contributed by atoms with Crippen molar-refractivity contribution in [2.45, 2.75) is 24.8 Å². The van der Waals surface area contributed by atoms with E-state index in [-0.39, 0.29) is 23.8 Å². The molecule has 0 unspecified atom stereocenters. The molecule has 1 fully saturated rings. The molecule has 1 spiro atoms. The number of amides is 2. The van der Waals surface area contributed by atoms with Gasteiger partial charge in [0.1, 0.15) is 11.5 Å². The van der Waals surface area contributed by atoms with E-state index >= 15 is 0 Å². The normalized spacial score (nSPS) is 16.8. The lowest BCUT2D eigenvalue weighted by Crippen LogP contribution is -2.26. The molecular weight excluding hydrogens is 424 g/mol. The highest BCUT2D eigenvalue weighted by atomic mass is 127. The summed E-state index contributed by atoms with van der Waals surface area (Å²) < 4.78 is 14.9. The van der Waals surface area contributed by atoms with E-state index in [4.69, 9.17) is 5.73 Å². The molecule has 1 aromatic heterocycles. The first kappa shape index (κ1) is 15.5. The number of halogens is 2. The Morgan fingerprint density at radius 1 is 1.33 bits per heavy atom. The smallest absolute Gasteiger partial charge is 0.267 e. The highest BCUT2D eigenvalue weighted by Gasteiger charge is 2.54. The van der Waals surface area contributed by atoms with E-state index in [9.17, 15) is 14.0 Å². The lowest BCUT2D eigenvalue weighted by molar-refractivity contribution is 0.0950. The Balaban J connectivity index is 1.82. The van der Waals surface area contributed by atoms with E-state index < -0.39 is 11.4 Å². The van der Waals surface area contributed by atoms with Crippen LogP contribution in [0.15, 0.2) is 24.3 Å². The number of fused-ring (bicyclic) bond motifs is 2. The van der Waals surface area contributed by atoms with Gasteiger partial charge in [-0.3, -0.25) is 9.59 Å². The molecule has 24 heavy (non-hydrogen) atoms. The zero-order valence-electron chi connectivity index (χ0n) is 12.5. The SMILES string of the molecule is NC(=O)c1nc2c(cc1Cc1ccc(I)cc1F)C(=O)NC21CC1. The van der Waals surface area contributed by atoms with E-state index in [1.807, 2.05) is 22.6 Å². The minimum absolute atomic E-state index is 0.106. The van der Waals surface area contributed by atoms with Crippen molar-refractivity contribution in [2.75, 3.05) is 0 Å². The highest BCUT2D eigenvalue weighted by molar-refractivity contribution is 14.1. The number of nitrogens with zero attached hydrogens (tertiary/aromatic N) is 1. The van der Waals surface area contributed by atoms with Gasteiger partial charge in [0.15, 0.2) is 0 Å². The summed E-state index contributed by atoms with van der Waals surface area (Å²) in [7, 11) is 0. The summed E-state index contributed by atoms with van der Waals surface area (Å²) in [5, 5.41) is 2.92. The first-order valence-electron chi connectivity index (χ1n) is 7.50. The molecule has 2 heterocycles. The van der Waals surface area contributed by atoms with Crippen LogP contribution in [0.25, 0.3) is 0 Å². The minimum atomic E-state index is -0.672. The molecule has 2 amide bonds. The largest absolute Gasteiger partial charge is 0.364 e. The number of primary amides is 1. The first-order chi connectivity index (χ1) is 11.4. The van der Waals surface area contributed by atoms with Gasteiger partial charge in [0, 0.05) is 9.99 Å². The monoisotopic (exact) mass is 437 g/mol. The maximum absolute atomic E-state index is 14.1. The van der Waals surface area contributed by atoms with Gasteiger partial charge in [-0.2, -0.15) is 0 Å². The lowest BCUT2D eigenvalue weighted by atomic mass is 9.98. The van der Waals surface area contributed by atoms with Crippen LogP contribution >= 0.6 is 22.6 Å². The van der Waals surface area contributed by atoms with Crippen LogP contribution in [0.1, 0.15) is 50.5 Å². The van der Waals surface area contributed by atoms with Gasteiger partial charge in [0.05, 0.1) is 16.8 Å². The molecule has 1 saturated carbocycles. The molecule has 1 aliphatic heterocycles. The van der Waals surface area contributed by atoms with Crippen LogP contribution in [0.3, 0.4) is 0 Å². The fraction of sp³-hybridized carbons (Fsp3) is 0.235. The third kappa shape index (κ3) is 2.38. The summed E-state index contributed by atoms with van der Waals surface area (Å²) in [6, 6.07) is 6.50. The van der Waals surface area contributed by atoms with Crippen LogP contribution in [0.4, 0.5) is 4.39 Å². The second-order valence-corrected chi connectivity index (χ2v) is 7.45. The Labute approximate surface area is 151 Å². The molecular formula is C17H13FIN3O2. The summed E-state index contributed by atoms with van der Waals surface area (Å²) >= 11 is 2.03. The van der Waals surface area contributed by atoms with Gasteiger partial charge in [-0.15, -0.1) is 0 Å². The van der Waals surface area contributed by atoms with Gasteiger partial charge in [0.25, 0.3) is 11.8 Å². The second kappa shape index (κ2) is 5.23. The van der Waals surface area contributed by atoms with Crippen molar-refractivity contribution in [3.05, 3.63) is 61.7 Å². The fourth-order valence-electron chi connectivity index (χ4n) is 3.14. The average molecular weight is 437 g/mol. The molecule has 122 valence electrons. The number of aromatic nitrogens is 1. The highest BCUT2D eigenvalue weighted by Crippen LogP contribution is 2.49. The molecule has 0 radical (unpaired) electrons. The number of rotatable bonds is 3. The van der Waals surface area contributed by atoms with Crippen molar-refractivity contribution in [1.82, 2.24) is 10.3 Å². The predicted octanol–water partition coefficient (Wildman–Crippen LogP) is 2.25. The van der Waals surface area contributed by atoms with E-state index in [1.54, 1.807) is 18.2 Å². The fourth-order valence-corrected chi connectivity index (χ4v) is 3.59. The van der Waals surface area contributed by atoms with E-state index in [0.29, 0.717) is 22.4 Å². The van der Waals surface area contributed by atoms with Gasteiger partial charge >= 0.3 is 0 Å². The van der Waals surface area contributed by atoms with Gasteiger partial charge < -0.3 is 11.1 Å². The topological polar surface area (TPSA) is 85.1 Å². The zero-order chi connectivity index (χ0) is 17.1. The minimum Gasteiger partial charge on any atom is -0.364 e. The molecule has 2 aliphatic rings. The quantitative estimate of drug-likeness (QED) is 0.723. The second-order valence-electron chi connectivity index (χ2n) is 6.21. The number of pyridine rings is 1. The van der Waals surface area contributed by atoms with Crippen molar-refractivity contribution < 1.29 is 14.0 Å².